The number of rotatable bonds is 9. The molecule has 140 valence electrons. The van der Waals surface area contributed by atoms with Crippen LogP contribution in [0.3, 0.4) is 0 Å². The van der Waals surface area contributed by atoms with Gasteiger partial charge in [-0.25, -0.2) is 0 Å². The Labute approximate surface area is 155 Å². The number of amides is 1. The number of methoxy groups -OCH3 is 2. The van der Waals surface area contributed by atoms with E-state index in [1.165, 1.54) is 12.8 Å². The predicted octanol–water partition coefficient (Wildman–Crippen LogP) is 2.58. The molecule has 6 heteroatoms. The van der Waals surface area contributed by atoms with Gasteiger partial charge in [0.2, 0.25) is 5.91 Å². The van der Waals surface area contributed by atoms with Gasteiger partial charge in [-0.15, -0.1) is 0 Å². The summed E-state index contributed by atoms with van der Waals surface area (Å²) in [6.45, 7) is 1.78. The summed E-state index contributed by atoms with van der Waals surface area (Å²) in [5.74, 6) is 1.67. The molecule has 5 nitrogen and oxygen atoms in total. The fraction of sp³-hybridized carbons (Fsp3) is 0.632. The highest BCUT2D eigenvalue weighted by Crippen LogP contribution is 2.28. The third kappa shape index (κ3) is 5.54. The normalized spacial score (nSPS) is 18.0. The van der Waals surface area contributed by atoms with Crippen LogP contribution in [0.25, 0.3) is 0 Å². The summed E-state index contributed by atoms with van der Waals surface area (Å²) in [7, 11) is 5.16. The molecule has 1 saturated heterocycles. The number of hydrogen-bond donors (Lipinski definition) is 1. The SMILES string of the molecule is COc1ccc(CCN(C)C(=O)CC(SC)C2CCCN2)cc1OC. The molecule has 1 aliphatic heterocycles. The Morgan fingerprint density at radius 1 is 1.36 bits per heavy atom. The van der Waals surface area contributed by atoms with E-state index in [0.717, 1.165) is 30.0 Å². The van der Waals surface area contributed by atoms with E-state index in [0.29, 0.717) is 24.3 Å². The lowest BCUT2D eigenvalue weighted by molar-refractivity contribution is -0.129. The second-order valence-electron chi connectivity index (χ2n) is 6.44. The summed E-state index contributed by atoms with van der Waals surface area (Å²) in [5.41, 5.74) is 1.14. The highest BCUT2D eigenvalue weighted by molar-refractivity contribution is 7.99. The molecule has 0 aromatic heterocycles. The maximum Gasteiger partial charge on any atom is 0.223 e. The van der Waals surface area contributed by atoms with Crippen LogP contribution in [-0.4, -0.2) is 62.7 Å². The second kappa shape index (κ2) is 9.92. The number of benzene rings is 1. The Bertz CT molecular complexity index is 562. The van der Waals surface area contributed by atoms with Crippen LogP contribution < -0.4 is 14.8 Å². The van der Waals surface area contributed by atoms with Gasteiger partial charge in [-0.2, -0.15) is 11.8 Å². The van der Waals surface area contributed by atoms with Crippen LogP contribution in [0.15, 0.2) is 18.2 Å². The van der Waals surface area contributed by atoms with Gasteiger partial charge in [0.15, 0.2) is 11.5 Å². The largest absolute Gasteiger partial charge is 0.493 e. The Morgan fingerprint density at radius 2 is 2.12 bits per heavy atom. The monoisotopic (exact) mass is 366 g/mol. The molecule has 2 unspecified atom stereocenters. The number of hydrogen-bond acceptors (Lipinski definition) is 5. The van der Waals surface area contributed by atoms with Crippen molar-refractivity contribution in [2.75, 3.05) is 40.6 Å². The van der Waals surface area contributed by atoms with Gasteiger partial charge in [0.05, 0.1) is 14.2 Å². The molecule has 1 amide bonds. The standard InChI is InChI=1S/C19H30N2O3S/c1-21(19(22)13-18(25-4)15-6-5-10-20-15)11-9-14-7-8-16(23-2)17(12-14)24-3/h7-8,12,15,18,20H,5-6,9-11,13H2,1-4H3. The first-order valence-corrected chi connectivity index (χ1v) is 10.1. The Balaban J connectivity index is 1.86. The fourth-order valence-electron chi connectivity index (χ4n) is 3.20. The maximum atomic E-state index is 12.6. The number of carbonyl (C=O) groups excluding carboxylic acids is 1. The molecular weight excluding hydrogens is 336 g/mol. The average Bonchev–Trinajstić information content (AvgIpc) is 3.17. The summed E-state index contributed by atoms with van der Waals surface area (Å²) < 4.78 is 10.6. The van der Waals surface area contributed by atoms with Crippen molar-refractivity contribution in [2.24, 2.45) is 0 Å². The summed E-state index contributed by atoms with van der Waals surface area (Å²) in [4.78, 5) is 14.4. The smallest absolute Gasteiger partial charge is 0.223 e. The van der Waals surface area contributed by atoms with E-state index in [-0.39, 0.29) is 5.91 Å². The fourth-order valence-corrected chi connectivity index (χ4v) is 4.07. The van der Waals surface area contributed by atoms with Crippen molar-refractivity contribution in [3.63, 3.8) is 0 Å². The van der Waals surface area contributed by atoms with E-state index in [1.807, 2.05) is 30.1 Å². The first-order valence-electron chi connectivity index (χ1n) is 8.80. The zero-order valence-corrected chi connectivity index (χ0v) is 16.5. The van der Waals surface area contributed by atoms with Crippen molar-refractivity contribution >= 4 is 17.7 Å². The number of thioether (sulfide) groups is 1. The Morgan fingerprint density at radius 3 is 2.72 bits per heavy atom. The van der Waals surface area contributed by atoms with Crippen LogP contribution in [0.4, 0.5) is 0 Å². The minimum atomic E-state index is 0.216. The highest BCUT2D eigenvalue weighted by Gasteiger charge is 2.26. The van der Waals surface area contributed by atoms with Crippen LogP contribution in [0.1, 0.15) is 24.8 Å². The van der Waals surface area contributed by atoms with Gasteiger partial charge in [-0.1, -0.05) is 6.07 Å². The molecule has 0 bridgehead atoms. The summed E-state index contributed by atoms with van der Waals surface area (Å²) in [5, 5.41) is 3.88. The van der Waals surface area contributed by atoms with Crippen LogP contribution in [0.5, 0.6) is 11.5 Å². The van der Waals surface area contributed by atoms with E-state index >= 15 is 0 Å². The van der Waals surface area contributed by atoms with E-state index in [2.05, 4.69) is 11.6 Å². The predicted molar refractivity (Wildman–Crippen MR) is 104 cm³/mol. The lowest BCUT2D eigenvalue weighted by Gasteiger charge is -2.24. The molecule has 1 aromatic rings. The number of nitrogens with zero attached hydrogens (tertiary/aromatic N) is 1. The van der Waals surface area contributed by atoms with Crippen molar-refractivity contribution in [3.8, 4) is 11.5 Å². The van der Waals surface area contributed by atoms with Crippen molar-refractivity contribution in [1.82, 2.24) is 10.2 Å². The minimum absolute atomic E-state index is 0.216. The first kappa shape index (κ1) is 19.9. The Hall–Kier alpha value is -1.40. The molecule has 2 atom stereocenters. The number of carbonyl (C=O) groups is 1. The topological polar surface area (TPSA) is 50.8 Å². The molecule has 1 N–H and O–H groups in total. The van der Waals surface area contributed by atoms with Crippen molar-refractivity contribution in [1.29, 1.82) is 0 Å². The molecule has 1 aromatic carbocycles. The summed E-state index contributed by atoms with van der Waals surface area (Å²) in [6, 6.07) is 6.38. The molecule has 1 fully saturated rings. The van der Waals surface area contributed by atoms with E-state index < -0.39 is 0 Å². The first-order chi connectivity index (χ1) is 12.1. The van der Waals surface area contributed by atoms with Crippen LogP contribution in [0.2, 0.25) is 0 Å². The number of nitrogens with one attached hydrogen (secondary N) is 1. The quantitative estimate of drug-likeness (QED) is 0.728. The van der Waals surface area contributed by atoms with Gasteiger partial charge in [0.1, 0.15) is 0 Å². The molecule has 2 rings (SSSR count). The zero-order valence-electron chi connectivity index (χ0n) is 15.7. The van der Waals surface area contributed by atoms with Gasteiger partial charge in [-0.3, -0.25) is 4.79 Å². The van der Waals surface area contributed by atoms with Crippen LogP contribution >= 0.6 is 11.8 Å². The molecule has 1 heterocycles. The van der Waals surface area contributed by atoms with E-state index in [1.54, 1.807) is 26.0 Å². The molecule has 25 heavy (non-hydrogen) atoms. The highest BCUT2D eigenvalue weighted by atomic mass is 32.2. The van der Waals surface area contributed by atoms with Crippen molar-refractivity contribution in [2.45, 2.75) is 37.0 Å². The van der Waals surface area contributed by atoms with Crippen molar-refractivity contribution in [3.05, 3.63) is 23.8 Å². The number of ether oxygens (including phenoxy) is 2. The molecular formula is C19H30N2O3S. The van der Waals surface area contributed by atoms with Crippen LogP contribution in [-0.2, 0) is 11.2 Å². The minimum Gasteiger partial charge on any atom is -0.493 e. The lowest BCUT2D eigenvalue weighted by Crippen LogP contribution is -2.38. The molecule has 0 aliphatic carbocycles. The maximum absolute atomic E-state index is 12.6. The average molecular weight is 367 g/mol. The van der Waals surface area contributed by atoms with Gasteiger partial charge in [-0.05, 0) is 49.8 Å². The number of likely N-dealkylation sites (N-methyl/N-ethyl adjacent to an activating group) is 1. The van der Waals surface area contributed by atoms with Gasteiger partial charge >= 0.3 is 0 Å². The molecule has 0 radical (unpaired) electrons. The summed E-state index contributed by atoms with van der Waals surface area (Å²) in [6.07, 6.45) is 5.89. The van der Waals surface area contributed by atoms with Gasteiger partial charge in [0, 0.05) is 31.3 Å². The third-order valence-corrected chi connectivity index (χ3v) is 5.94. The summed E-state index contributed by atoms with van der Waals surface area (Å²) >= 11 is 1.80. The zero-order chi connectivity index (χ0) is 18.2. The lowest BCUT2D eigenvalue weighted by atomic mass is 10.1. The molecule has 1 aliphatic rings. The third-order valence-electron chi connectivity index (χ3n) is 4.84. The van der Waals surface area contributed by atoms with Crippen molar-refractivity contribution < 1.29 is 14.3 Å². The van der Waals surface area contributed by atoms with E-state index in [9.17, 15) is 4.79 Å². The van der Waals surface area contributed by atoms with Crippen LogP contribution in [0, 0.1) is 0 Å². The van der Waals surface area contributed by atoms with Gasteiger partial charge < -0.3 is 19.7 Å². The second-order valence-corrected chi connectivity index (χ2v) is 7.51. The molecule has 0 spiro atoms. The van der Waals surface area contributed by atoms with Gasteiger partial charge in [0.25, 0.3) is 0 Å². The molecule has 0 saturated carbocycles. The van der Waals surface area contributed by atoms with E-state index in [4.69, 9.17) is 9.47 Å². The Kier molecular flexibility index (Phi) is 7.90.